The number of ether oxygens (including phenoxy) is 3. The first-order valence-corrected chi connectivity index (χ1v) is 7.67. The van der Waals surface area contributed by atoms with Gasteiger partial charge in [0.05, 0.1) is 25.3 Å². The molecule has 0 N–H and O–H groups in total. The molecule has 4 rings (SSSR count). The lowest BCUT2D eigenvalue weighted by Crippen LogP contribution is -2.02. The van der Waals surface area contributed by atoms with Crippen LogP contribution in [0.15, 0.2) is 54.6 Å². The second-order valence-corrected chi connectivity index (χ2v) is 5.68. The highest BCUT2D eigenvalue weighted by Crippen LogP contribution is 2.44. The average Bonchev–Trinajstić information content (AvgIpc) is 2.97. The van der Waals surface area contributed by atoms with Gasteiger partial charge in [-0.2, -0.15) is 0 Å². The van der Waals surface area contributed by atoms with Gasteiger partial charge in [0.25, 0.3) is 0 Å². The van der Waals surface area contributed by atoms with Crippen LogP contribution in [0.3, 0.4) is 0 Å². The Morgan fingerprint density at radius 1 is 0.917 bits per heavy atom. The van der Waals surface area contributed by atoms with E-state index >= 15 is 0 Å². The maximum absolute atomic E-state index is 12.3. The second-order valence-electron chi connectivity index (χ2n) is 5.68. The highest BCUT2D eigenvalue weighted by molar-refractivity contribution is 5.96. The SMILES string of the molecule is COc1cc(OC)c2c(c1)C(=O)O[C@H]2c1ccc2ccccc2c1. The highest BCUT2D eigenvalue weighted by atomic mass is 16.6. The molecule has 3 aromatic rings. The summed E-state index contributed by atoms with van der Waals surface area (Å²) in [6.45, 7) is 0. The standard InChI is InChI=1S/C20H16O4/c1-22-15-10-16-18(17(11-15)23-2)19(24-20(16)21)14-8-7-12-5-3-4-6-13(12)9-14/h3-11,19H,1-2H3/t19-/m0/s1. The van der Waals surface area contributed by atoms with E-state index in [1.165, 1.54) is 0 Å². The third-order valence-corrected chi connectivity index (χ3v) is 4.35. The van der Waals surface area contributed by atoms with Crippen LogP contribution in [0.25, 0.3) is 10.8 Å². The molecule has 0 saturated carbocycles. The fraction of sp³-hybridized carbons (Fsp3) is 0.150. The quantitative estimate of drug-likeness (QED) is 0.681. The smallest absolute Gasteiger partial charge is 0.339 e. The number of hydrogen-bond donors (Lipinski definition) is 0. The van der Waals surface area contributed by atoms with Crippen LogP contribution in [0, 0.1) is 0 Å². The van der Waals surface area contributed by atoms with Crippen LogP contribution in [-0.4, -0.2) is 20.2 Å². The number of cyclic esters (lactones) is 1. The maximum atomic E-state index is 12.3. The zero-order valence-corrected chi connectivity index (χ0v) is 13.4. The fourth-order valence-corrected chi connectivity index (χ4v) is 3.16. The van der Waals surface area contributed by atoms with Gasteiger partial charge in [0.1, 0.15) is 11.5 Å². The molecular formula is C20H16O4. The molecule has 0 aliphatic carbocycles. The van der Waals surface area contributed by atoms with Crippen molar-refractivity contribution in [3.05, 3.63) is 71.3 Å². The van der Waals surface area contributed by atoms with Crippen molar-refractivity contribution in [2.75, 3.05) is 14.2 Å². The minimum atomic E-state index is -0.474. The average molecular weight is 320 g/mol. The van der Waals surface area contributed by atoms with Crippen LogP contribution in [0.5, 0.6) is 11.5 Å². The van der Waals surface area contributed by atoms with Crippen molar-refractivity contribution in [2.24, 2.45) is 0 Å². The first-order valence-electron chi connectivity index (χ1n) is 7.67. The predicted octanol–water partition coefficient (Wildman–Crippen LogP) is 4.12. The summed E-state index contributed by atoms with van der Waals surface area (Å²) in [4.78, 5) is 12.3. The minimum absolute atomic E-state index is 0.361. The molecular weight excluding hydrogens is 304 g/mol. The van der Waals surface area contributed by atoms with E-state index in [-0.39, 0.29) is 5.97 Å². The van der Waals surface area contributed by atoms with Crippen LogP contribution >= 0.6 is 0 Å². The second kappa shape index (κ2) is 5.57. The van der Waals surface area contributed by atoms with Crippen LogP contribution in [0.4, 0.5) is 0 Å². The lowest BCUT2D eigenvalue weighted by molar-refractivity contribution is 0.0454. The van der Waals surface area contributed by atoms with Crippen molar-refractivity contribution in [2.45, 2.75) is 6.10 Å². The lowest BCUT2D eigenvalue weighted by atomic mass is 9.96. The van der Waals surface area contributed by atoms with Crippen molar-refractivity contribution in [1.82, 2.24) is 0 Å². The number of methoxy groups -OCH3 is 2. The molecule has 0 radical (unpaired) electrons. The summed E-state index contributed by atoms with van der Waals surface area (Å²) in [5.74, 6) is 0.801. The Labute approximate surface area is 139 Å². The van der Waals surface area contributed by atoms with Gasteiger partial charge < -0.3 is 14.2 Å². The molecule has 4 heteroatoms. The molecule has 4 nitrogen and oxygen atoms in total. The van der Waals surface area contributed by atoms with Gasteiger partial charge in [-0.05, 0) is 28.5 Å². The van der Waals surface area contributed by atoms with Gasteiger partial charge in [-0.1, -0.05) is 36.4 Å². The van der Waals surface area contributed by atoms with E-state index in [1.807, 2.05) is 36.4 Å². The highest BCUT2D eigenvalue weighted by Gasteiger charge is 2.36. The summed E-state index contributed by atoms with van der Waals surface area (Å²) in [6, 6.07) is 17.6. The van der Waals surface area contributed by atoms with E-state index in [9.17, 15) is 4.79 Å². The van der Waals surface area contributed by atoms with Crippen molar-refractivity contribution >= 4 is 16.7 Å². The molecule has 3 aromatic carbocycles. The van der Waals surface area contributed by atoms with Crippen molar-refractivity contribution in [3.8, 4) is 11.5 Å². The fourth-order valence-electron chi connectivity index (χ4n) is 3.16. The van der Waals surface area contributed by atoms with Gasteiger partial charge in [-0.15, -0.1) is 0 Å². The van der Waals surface area contributed by atoms with Crippen LogP contribution in [0.1, 0.15) is 27.6 Å². The van der Waals surface area contributed by atoms with Gasteiger partial charge in [0.15, 0.2) is 6.10 Å². The van der Waals surface area contributed by atoms with Gasteiger partial charge in [-0.25, -0.2) is 4.79 Å². The van der Waals surface area contributed by atoms with Crippen molar-refractivity contribution in [3.63, 3.8) is 0 Å². The molecule has 0 saturated heterocycles. The molecule has 1 aliphatic heterocycles. The number of hydrogen-bond acceptors (Lipinski definition) is 4. The molecule has 0 fully saturated rings. The van der Waals surface area contributed by atoms with Crippen molar-refractivity contribution in [1.29, 1.82) is 0 Å². The molecule has 0 aromatic heterocycles. The molecule has 0 unspecified atom stereocenters. The van der Waals surface area contributed by atoms with E-state index in [4.69, 9.17) is 14.2 Å². The Hall–Kier alpha value is -3.01. The Kier molecular flexibility index (Phi) is 3.38. The third-order valence-electron chi connectivity index (χ3n) is 4.35. The summed E-state index contributed by atoms with van der Waals surface area (Å²) in [6.07, 6.45) is -0.474. The Morgan fingerprint density at radius 3 is 2.46 bits per heavy atom. The third kappa shape index (κ3) is 2.19. The topological polar surface area (TPSA) is 44.8 Å². The summed E-state index contributed by atoms with van der Waals surface area (Å²) in [5.41, 5.74) is 2.16. The Morgan fingerprint density at radius 2 is 1.71 bits per heavy atom. The molecule has 120 valence electrons. The van der Waals surface area contributed by atoms with Gasteiger partial charge in [0.2, 0.25) is 0 Å². The predicted molar refractivity (Wildman–Crippen MR) is 90.8 cm³/mol. The molecule has 0 spiro atoms. The van der Waals surface area contributed by atoms with Gasteiger partial charge >= 0.3 is 5.97 Å². The number of esters is 1. The van der Waals surface area contributed by atoms with Gasteiger partial charge in [0, 0.05) is 6.07 Å². The number of benzene rings is 3. The number of rotatable bonds is 3. The number of fused-ring (bicyclic) bond motifs is 2. The van der Waals surface area contributed by atoms with E-state index in [0.29, 0.717) is 17.1 Å². The summed E-state index contributed by atoms with van der Waals surface area (Å²) in [7, 11) is 3.14. The normalized spacial score (nSPS) is 15.9. The van der Waals surface area contributed by atoms with Crippen molar-refractivity contribution < 1.29 is 19.0 Å². The first kappa shape index (κ1) is 14.6. The van der Waals surface area contributed by atoms with E-state index < -0.39 is 6.10 Å². The molecule has 0 bridgehead atoms. The largest absolute Gasteiger partial charge is 0.497 e. The number of carbonyl (C=O) groups excluding carboxylic acids is 1. The van der Waals surface area contributed by atoms with Crippen LogP contribution in [0.2, 0.25) is 0 Å². The van der Waals surface area contributed by atoms with E-state index in [2.05, 4.69) is 6.07 Å². The molecule has 24 heavy (non-hydrogen) atoms. The summed E-state index contributed by atoms with van der Waals surface area (Å²) >= 11 is 0. The summed E-state index contributed by atoms with van der Waals surface area (Å²) < 4.78 is 16.4. The van der Waals surface area contributed by atoms with Crippen LogP contribution < -0.4 is 9.47 Å². The molecule has 1 aliphatic rings. The summed E-state index contributed by atoms with van der Waals surface area (Å²) in [5, 5.41) is 2.25. The Balaban J connectivity index is 1.88. The zero-order valence-electron chi connectivity index (χ0n) is 13.4. The minimum Gasteiger partial charge on any atom is -0.497 e. The maximum Gasteiger partial charge on any atom is 0.339 e. The lowest BCUT2D eigenvalue weighted by Gasteiger charge is -2.15. The number of carbonyl (C=O) groups is 1. The first-order chi connectivity index (χ1) is 11.7. The van der Waals surface area contributed by atoms with E-state index in [1.54, 1.807) is 26.4 Å². The van der Waals surface area contributed by atoms with Gasteiger partial charge in [-0.3, -0.25) is 0 Å². The Bertz CT molecular complexity index is 946. The molecule has 0 amide bonds. The van der Waals surface area contributed by atoms with E-state index in [0.717, 1.165) is 21.9 Å². The molecule has 1 heterocycles. The zero-order chi connectivity index (χ0) is 16.7. The van der Waals surface area contributed by atoms with Crippen LogP contribution in [-0.2, 0) is 4.74 Å². The monoisotopic (exact) mass is 320 g/mol. The molecule has 1 atom stereocenters.